The Hall–Kier alpha value is 0.360. The monoisotopic (exact) mass is 277 g/mol. The van der Waals surface area contributed by atoms with Gasteiger partial charge in [-0.3, -0.25) is 4.90 Å². The molecule has 2 atom stereocenters. The van der Waals surface area contributed by atoms with Crippen molar-refractivity contribution in [3.05, 3.63) is 0 Å². The first kappa shape index (κ1) is 11.8. The second-order valence-electron chi connectivity index (χ2n) is 5.17. The van der Waals surface area contributed by atoms with Crippen molar-refractivity contribution in [2.75, 3.05) is 25.0 Å². The summed E-state index contributed by atoms with van der Waals surface area (Å²) in [5, 5.41) is 20.0. The molecule has 2 N–H and O–H groups in total. The summed E-state index contributed by atoms with van der Waals surface area (Å²) in [6.07, 6.45) is 4.12. The second kappa shape index (κ2) is 4.70. The maximum atomic E-state index is 9.50. The molecule has 2 rings (SSSR count). The Morgan fingerprint density at radius 3 is 2.13 bits per heavy atom. The molecule has 0 aromatic carbocycles. The molecule has 1 heterocycles. The third-order valence-electron chi connectivity index (χ3n) is 3.84. The van der Waals surface area contributed by atoms with Gasteiger partial charge in [0.1, 0.15) is 0 Å². The zero-order valence-electron chi connectivity index (χ0n) is 9.03. The van der Waals surface area contributed by atoms with Crippen molar-refractivity contribution in [2.24, 2.45) is 5.41 Å². The standard InChI is InChI=1S/C11H20BrNO2/c12-7-11(3-1-2-4-11)8-13-5-9(14)10(15)6-13/h9-10,14-15H,1-8H2. The molecule has 2 unspecified atom stereocenters. The van der Waals surface area contributed by atoms with Crippen molar-refractivity contribution < 1.29 is 10.2 Å². The molecule has 1 aliphatic heterocycles. The van der Waals surface area contributed by atoms with E-state index in [9.17, 15) is 10.2 Å². The van der Waals surface area contributed by atoms with Gasteiger partial charge in [0.2, 0.25) is 0 Å². The predicted molar refractivity (Wildman–Crippen MR) is 63.1 cm³/mol. The molecule has 0 aromatic rings. The number of aliphatic hydroxyl groups excluding tert-OH is 2. The third-order valence-corrected chi connectivity index (χ3v) is 5.03. The van der Waals surface area contributed by atoms with E-state index in [0.29, 0.717) is 18.5 Å². The van der Waals surface area contributed by atoms with Crippen LogP contribution in [0.4, 0.5) is 0 Å². The lowest BCUT2D eigenvalue weighted by Crippen LogP contribution is -2.36. The van der Waals surface area contributed by atoms with Crippen LogP contribution in [0.5, 0.6) is 0 Å². The van der Waals surface area contributed by atoms with Gasteiger partial charge in [-0.1, -0.05) is 28.8 Å². The first-order valence-corrected chi connectivity index (χ1v) is 6.92. The number of rotatable bonds is 3. The number of hydrogen-bond acceptors (Lipinski definition) is 3. The second-order valence-corrected chi connectivity index (χ2v) is 5.73. The Bertz CT molecular complexity index is 209. The molecule has 88 valence electrons. The average molecular weight is 278 g/mol. The molecule has 15 heavy (non-hydrogen) atoms. The number of alkyl halides is 1. The van der Waals surface area contributed by atoms with E-state index in [0.717, 1.165) is 11.9 Å². The van der Waals surface area contributed by atoms with Crippen molar-refractivity contribution >= 4 is 15.9 Å². The van der Waals surface area contributed by atoms with Crippen molar-refractivity contribution in [2.45, 2.75) is 37.9 Å². The minimum Gasteiger partial charge on any atom is -0.389 e. The number of halogens is 1. The van der Waals surface area contributed by atoms with Crippen LogP contribution >= 0.6 is 15.9 Å². The molecule has 2 fully saturated rings. The summed E-state index contributed by atoms with van der Waals surface area (Å²) >= 11 is 3.62. The van der Waals surface area contributed by atoms with Crippen LogP contribution in [0, 0.1) is 5.41 Å². The normalized spacial score (nSPS) is 36.2. The maximum absolute atomic E-state index is 9.50. The van der Waals surface area contributed by atoms with Crippen LogP contribution in [0.3, 0.4) is 0 Å². The maximum Gasteiger partial charge on any atom is 0.0938 e. The van der Waals surface area contributed by atoms with Gasteiger partial charge in [-0.15, -0.1) is 0 Å². The average Bonchev–Trinajstić information content (AvgIpc) is 2.77. The lowest BCUT2D eigenvalue weighted by atomic mass is 9.88. The highest BCUT2D eigenvalue weighted by Gasteiger charge is 2.38. The molecule has 3 nitrogen and oxygen atoms in total. The van der Waals surface area contributed by atoms with Crippen molar-refractivity contribution in [1.82, 2.24) is 4.90 Å². The third kappa shape index (κ3) is 2.54. The summed E-state index contributed by atoms with van der Waals surface area (Å²) in [4.78, 5) is 2.21. The Labute approximate surface area is 99.6 Å². The van der Waals surface area contributed by atoms with Crippen LogP contribution in [0.15, 0.2) is 0 Å². The quantitative estimate of drug-likeness (QED) is 0.756. The van der Waals surface area contributed by atoms with Gasteiger partial charge >= 0.3 is 0 Å². The van der Waals surface area contributed by atoms with Crippen molar-refractivity contribution in [3.63, 3.8) is 0 Å². The minimum absolute atomic E-state index is 0.393. The van der Waals surface area contributed by atoms with Gasteiger partial charge in [0, 0.05) is 25.0 Å². The Morgan fingerprint density at radius 2 is 1.67 bits per heavy atom. The highest BCUT2D eigenvalue weighted by molar-refractivity contribution is 9.09. The van der Waals surface area contributed by atoms with E-state index >= 15 is 0 Å². The Balaban J connectivity index is 1.90. The predicted octanol–water partition coefficient (Wildman–Crippen LogP) is 0.979. The lowest BCUT2D eigenvalue weighted by Gasteiger charge is -2.31. The van der Waals surface area contributed by atoms with Gasteiger partial charge in [-0.2, -0.15) is 0 Å². The molecule has 0 bridgehead atoms. The summed E-state index contributed by atoms with van der Waals surface area (Å²) in [6, 6.07) is 0. The summed E-state index contributed by atoms with van der Waals surface area (Å²) in [5.74, 6) is 0. The number of β-amino-alcohol motifs (C(OH)–C–C–N with tert-alkyl or cyclic N) is 2. The molecule has 4 heteroatoms. The van der Waals surface area contributed by atoms with Gasteiger partial charge in [0.25, 0.3) is 0 Å². The smallest absolute Gasteiger partial charge is 0.0938 e. The molecule has 2 aliphatic rings. The minimum atomic E-state index is -0.543. The SMILES string of the molecule is OC1CN(CC2(CBr)CCCC2)CC1O. The molecular formula is C11H20BrNO2. The van der Waals surface area contributed by atoms with E-state index in [2.05, 4.69) is 20.8 Å². The van der Waals surface area contributed by atoms with Gasteiger partial charge in [0.05, 0.1) is 12.2 Å². The van der Waals surface area contributed by atoms with Crippen LogP contribution in [0.2, 0.25) is 0 Å². The van der Waals surface area contributed by atoms with Crippen molar-refractivity contribution in [1.29, 1.82) is 0 Å². The largest absolute Gasteiger partial charge is 0.389 e. The topological polar surface area (TPSA) is 43.7 Å². The first-order chi connectivity index (χ1) is 7.15. The molecule has 1 saturated carbocycles. The molecule has 0 aromatic heterocycles. The van der Waals surface area contributed by atoms with E-state index in [4.69, 9.17) is 0 Å². The Morgan fingerprint density at radius 1 is 1.13 bits per heavy atom. The van der Waals surface area contributed by atoms with Gasteiger partial charge in [-0.25, -0.2) is 0 Å². The summed E-state index contributed by atoms with van der Waals surface area (Å²) in [7, 11) is 0. The highest BCUT2D eigenvalue weighted by atomic mass is 79.9. The highest BCUT2D eigenvalue weighted by Crippen LogP contribution is 2.40. The molecule has 0 spiro atoms. The lowest BCUT2D eigenvalue weighted by molar-refractivity contribution is 0.0572. The summed E-state index contributed by atoms with van der Waals surface area (Å²) in [6.45, 7) is 2.29. The first-order valence-electron chi connectivity index (χ1n) is 5.80. The number of nitrogens with zero attached hydrogens (tertiary/aromatic N) is 1. The summed E-state index contributed by atoms with van der Waals surface area (Å²) < 4.78 is 0. The van der Waals surface area contributed by atoms with E-state index < -0.39 is 12.2 Å². The molecule has 1 saturated heterocycles. The van der Waals surface area contributed by atoms with E-state index in [1.807, 2.05) is 0 Å². The van der Waals surface area contributed by atoms with Crippen LogP contribution < -0.4 is 0 Å². The number of aliphatic hydroxyl groups is 2. The Kier molecular flexibility index (Phi) is 3.71. The van der Waals surface area contributed by atoms with Gasteiger partial charge < -0.3 is 10.2 Å². The molecule has 1 aliphatic carbocycles. The van der Waals surface area contributed by atoms with E-state index in [1.54, 1.807) is 0 Å². The molecule has 0 amide bonds. The molecular weight excluding hydrogens is 258 g/mol. The van der Waals surface area contributed by atoms with Gasteiger partial charge in [-0.05, 0) is 18.3 Å². The molecule has 0 radical (unpaired) electrons. The fourth-order valence-corrected chi connectivity index (χ4v) is 3.65. The van der Waals surface area contributed by atoms with Crippen LogP contribution in [-0.4, -0.2) is 52.3 Å². The summed E-state index contributed by atoms with van der Waals surface area (Å²) in [5.41, 5.74) is 0.393. The van der Waals surface area contributed by atoms with Crippen LogP contribution in [0.25, 0.3) is 0 Å². The van der Waals surface area contributed by atoms with Crippen molar-refractivity contribution in [3.8, 4) is 0 Å². The zero-order chi connectivity index (χ0) is 10.9. The van der Waals surface area contributed by atoms with Crippen LogP contribution in [-0.2, 0) is 0 Å². The fourth-order valence-electron chi connectivity index (χ4n) is 2.91. The van der Waals surface area contributed by atoms with E-state index in [-0.39, 0.29) is 0 Å². The number of hydrogen-bond donors (Lipinski definition) is 2. The fraction of sp³-hybridized carbons (Fsp3) is 1.00. The number of likely N-dealkylation sites (tertiary alicyclic amines) is 1. The zero-order valence-corrected chi connectivity index (χ0v) is 10.6. The van der Waals surface area contributed by atoms with Gasteiger partial charge in [0.15, 0.2) is 0 Å². The van der Waals surface area contributed by atoms with E-state index in [1.165, 1.54) is 25.7 Å². The van der Waals surface area contributed by atoms with Crippen LogP contribution in [0.1, 0.15) is 25.7 Å².